The lowest BCUT2D eigenvalue weighted by atomic mass is 10.2. The fraction of sp³-hybridized carbons (Fsp3) is 0.400. The van der Waals surface area contributed by atoms with Gasteiger partial charge in [-0.05, 0) is 43.2 Å². The number of anilines is 1. The first-order valence-corrected chi connectivity index (χ1v) is 14.2. The maximum Gasteiger partial charge on any atom is 0.417 e. The van der Waals surface area contributed by atoms with Crippen molar-refractivity contribution in [3.63, 3.8) is 0 Å². The predicted molar refractivity (Wildman–Crippen MR) is 138 cm³/mol. The van der Waals surface area contributed by atoms with E-state index >= 15 is 0 Å². The molecule has 2 aromatic heterocycles. The lowest BCUT2D eigenvalue weighted by molar-refractivity contribution is -0.137. The highest BCUT2D eigenvalue weighted by Gasteiger charge is 2.35. The molecule has 0 bridgehead atoms. The van der Waals surface area contributed by atoms with Gasteiger partial charge in [-0.2, -0.15) is 27.3 Å². The van der Waals surface area contributed by atoms with Crippen LogP contribution in [0.1, 0.15) is 24.8 Å². The van der Waals surface area contributed by atoms with Gasteiger partial charge in [-0.3, -0.25) is 4.79 Å². The highest BCUT2D eigenvalue weighted by atomic mass is 35.5. The lowest BCUT2D eigenvalue weighted by Gasteiger charge is -2.35. The van der Waals surface area contributed by atoms with Gasteiger partial charge in [0.2, 0.25) is 5.75 Å². The van der Waals surface area contributed by atoms with Gasteiger partial charge in [0, 0.05) is 43.8 Å². The van der Waals surface area contributed by atoms with Gasteiger partial charge in [0.25, 0.3) is 10.0 Å². The van der Waals surface area contributed by atoms with Gasteiger partial charge >= 0.3 is 11.7 Å². The number of alkyl halides is 4. The Bertz CT molecular complexity index is 1540. The number of nitrogens with zero attached hydrogens (tertiary/aromatic N) is 5. The molecule has 40 heavy (non-hydrogen) atoms. The van der Waals surface area contributed by atoms with E-state index < -0.39 is 44.6 Å². The summed E-state index contributed by atoms with van der Waals surface area (Å²) in [6, 6.07) is 8.02. The second-order valence-corrected chi connectivity index (χ2v) is 11.8. The van der Waals surface area contributed by atoms with Gasteiger partial charge < -0.3 is 9.64 Å². The number of pyridine rings is 1. The molecule has 0 radical (unpaired) electrons. The molecule has 1 aliphatic heterocycles. The Labute approximate surface area is 232 Å². The Balaban J connectivity index is 1.39. The summed E-state index contributed by atoms with van der Waals surface area (Å²) in [5.74, 6) is -0.0326. The van der Waals surface area contributed by atoms with E-state index in [4.69, 9.17) is 16.3 Å². The third-order valence-corrected chi connectivity index (χ3v) is 8.87. The van der Waals surface area contributed by atoms with Crippen molar-refractivity contribution < 1.29 is 30.7 Å². The molecule has 3 heterocycles. The quantitative estimate of drug-likeness (QED) is 0.393. The van der Waals surface area contributed by atoms with E-state index in [2.05, 4.69) is 10.1 Å². The van der Waals surface area contributed by atoms with Crippen LogP contribution in [0, 0.1) is 0 Å². The zero-order chi connectivity index (χ0) is 28.7. The van der Waals surface area contributed by atoms with Crippen molar-refractivity contribution in [1.29, 1.82) is 0 Å². The van der Waals surface area contributed by atoms with Crippen LogP contribution in [0.5, 0.6) is 5.75 Å². The van der Waals surface area contributed by atoms with Crippen LogP contribution in [-0.4, -0.2) is 65.9 Å². The molecule has 1 aromatic carbocycles. The molecule has 0 spiro atoms. The third kappa shape index (κ3) is 5.79. The standard InChI is InChI=1S/C25H24ClF4N5O4S/c26-17-2-1-3-19(12-17)35-24(36)23(39-20-6-5-18(27)13-20)21(15-32-35)33-8-10-34(11-9-33)40(37,38)22-7-4-16(14-31-22)25(28,29)30/h1-4,7,12,14-15,18,20H,5-6,8-11,13H2. The molecule has 214 valence electrons. The van der Waals surface area contributed by atoms with Crippen molar-refractivity contribution in [3.8, 4) is 11.4 Å². The Morgan fingerprint density at radius 1 is 1.02 bits per heavy atom. The minimum atomic E-state index is -4.64. The number of hydrogen-bond acceptors (Lipinski definition) is 7. The second kappa shape index (κ2) is 11.0. The number of hydrogen-bond donors (Lipinski definition) is 0. The molecule has 2 fully saturated rings. The highest BCUT2D eigenvalue weighted by Crippen LogP contribution is 2.32. The summed E-state index contributed by atoms with van der Waals surface area (Å²) in [5, 5.41) is 4.18. The second-order valence-electron chi connectivity index (χ2n) is 9.48. The first-order valence-electron chi connectivity index (χ1n) is 12.4. The van der Waals surface area contributed by atoms with E-state index in [-0.39, 0.29) is 38.3 Å². The van der Waals surface area contributed by atoms with Gasteiger partial charge in [-0.1, -0.05) is 17.7 Å². The van der Waals surface area contributed by atoms with Gasteiger partial charge in [-0.25, -0.2) is 17.8 Å². The number of sulfonamides is 1. The van der Waals surface area contributed by atoms with E-state index in [0.29, 0.717) is 41.5 Å². The Kier molecular flexibility index (Phi) is 7.77. The van der Waals surface area contributed by atoms with E-state index in [1.54, 1.807) is 29.2 Å². The maximum absolute atomic E-state index is 13.9. The van der Waals surface area contributed by atoms with Crippen molar-refractivity contribution in [2.24, 2.45) is 0 Å². The molecule has 5 rings (SSSR count). The molecule has 0 amide bonds. The number of halogens is 5. The zero-order valence-corrected chi connectivity index (χ0v) is 22.5. The third-order valence-electron chi connectivity index (χ3n) is 6.82. The Hall–Kier alpha value is -3.23. The Morgan fingerprint density at radius 2 is 1.77 bits per heavy atom. The molecule has 1 saturated carbocycles. The first-order chi connectivity index (χ1) is 18.9. The maximum atomic E-state index is 13.9. The van der Waals surface area contributed by atoms with E-state index in [9.17, 15) is 30.8 Å². The molecule has 2 unspecified atom stereocenters. The van der Waals surface area contributed by atoms with Crippen LogP contribution >= 0.6 is 11.6 Å². The Morgan fingerprint density at radius 3 is 2.38 bits per heavy atom. The summed E-state index contributed by atoms with van der Waals surface area (Å²) in [6.45, 7) is 0.208. The number of rotatable bonds is 6. The monoisotopic (exact) mass is 601 g/mol. The van der Waals surface area contributed by atoms with Crippen molar-refractivity contribution >= 4 is 27.3 Å². The molecular weight excluding hydrogens is 578 g/mol. The van der Waals surface area contributed by atoms with E-state index in [1.165, 1.54) is 6.20 Å². The number of aromatic nitrogens is 3. The molecule has 9 nitrogen and oxygen atoms in total. The van der Waals surface area contributed by atoms with E-state index in [0.717, 1.165) is 15.1 Å². The zero-order valence-electron chi connectivity index (χ0n) is 20.9. The fourth-order valence-corrected chi connectivity index (χ4v) is 6.24. The van der Waals surface area contributed by atoms with Gasteiger partial charge in [0.05, 0.1) is 17.4 Å². The SMILES string of the molecule is O=c1c(OC2CCC(F)C2)c(N2CCN(S(=O)(=O)c3ccc(C(F)(F)F)cn3)CC2)cnn1-c1cccc(Cl)c1. The summed E-state index contributed by atoms with van der Waals surface area (Å²) in [6.07, 6.45) is -3.36. The summed E-state index contributed by atoms with van der Waals surface area (Å²) < 4.78 is 86.8. The predicted octanol–water partition coefficient (Wildman–Crippen LogP) is 4.08. The molecule has 1 aliphatic carbocycles. The van der Waals surface area contributed by atoms with Crippen LogP contribution in [0.2, 0.25) is 5.02 Å². The molecule has 2 atom stereocenters. The molecule has 2 aliphatic rings. The normalized spacial score (nSPS) is 20.6. The van der Waals surface area contributed by atoms with Crippen LogP contribution < -0.4 is 15.2 Å². The van der Waals surface area contributed by atoms with Gasteiger partial charge in [0.1, 0.15) is 18.0 Å². The van der Waals surface area contributed by atoms with E-state index in [1.807, 2.05) is 0 Å². The summed E-state index contributed by atoms with van der Waals surface area (Å²) in [4.78, 5) is 18.8. The summed E-state index contributed by atoms with van der Waals surface area (Å²) >= 11 is 6.08. The van der Waals surface area contributed by atoms with Crippen LogP contribution in [-0.2, 0) is 16.2 Å². The minimum Gasteiger partial charge on any atom is -0.483 e. The minimum absolute atomic E-state index is 0.0299. The fourth-order valence-electron chi connectivity index (χ4n) is 4.72. The van der Waals surface area contributed by atoms with Crippen LogP contribution in [0.4, 0.5) is 23.2 Å². The topological polar surface area (TPSA) is 97.6 Å². The van der Waals surface area contributed by atoms with Crippen molar-refractivity contribution in [2.75, 3.05) is 31.1 Å². The van der Waals surface area contributed by atoms with Crippen LogP contribution in [0.3, 0.4) is 0 Å². The van der Waals surface area contributed by atoms with Crippen molar-refractivity contribution in [1.82, 2.24) is 19.1 Å². The average molecular weight is 602 g/mol. The summed E-state index contributed by atoms with van der Waals surface area (Å²) in [7, 11) is -4.16. The largest absolute Gasteiger partial charge is 0.483 e. The number of piperazine rings is 1. The highest BCUT2D eigenvalue weighted by molar-refractivity contribution is 7.89. The van der Waals surface area contributed by atoms with Gasteiger partial charge in [0.15, 0.2) is 5.03 Å². The first kappa shape index (κ1) is 28.3. The van der Waals surface area contributed by atoms with Crippen LogP contribution in [0.25, 0.3) is 5.69 Å². The molecule has 15 heteroatoms. The molecule has 3 aromatic rings. The molecular formula is C25H24ClF4N5O4S. The molecule has 0 N–H and O–H groups in total. The number of benzene rings is 1. The van der Waals surface area contributed by atoms with Gasteiger partial charge in [-0.15, -0.1) is 0 Å². The smallest absolute Gasteiger partial charge is 0.417 e. The number of ether oxygens (including phenoxy) is 1. The lowest BCUT2D eigenvalue weighted by Crippen LogP contribution is -2.49. The van der Waals surface area contributed by atoms with Crippen molar-refractivity contribution in [2.45, 2.75) is 42.7 Å². The van der Waals surface area contributed by atoms with Crippen LogP contribution in [0.15, 0.2) is 58.6 Å². The molecule has 1 saturated heterocycles. The van der Waals surface area contributed by atoms with Crippen molar-refractivity contribution in [3.05, 3.63) is 69.7 Å². The summed E-state index contributed by atoms with van der Waals surface area (Å²) in [5.41, 5.74) is -0.893. The average Bonchev–Trinajstić information content (AvgIpc) is 3.34.